The first kappa shape index (κ1) is 16.0. The van der Waals surface area contributed by atoms with Gasteiger partial charge < -0.3 is 14.5 Å². The van der Waals surface area contributed by atoms with Crippen molar-refractivity contribution in [2.75, 3.05) is 26.2 Å². The van der Waals surface area contributed by atoms with Gasteiger partial charge in [0.25, 0.3) is 5.91 Å². The van der Waals surface area contributed by atoms with Crippen LogP contribution in [0.2, 0.25) is 0 Å². The van der Waals surface area contributed by atoms with Crippen molar-refractivity contribution in [3.8, 4) is 0 Å². The number of morpholine rings is 1. The lowest BCUT2D eigenvalue weighted by Gasteiger charge is -2.31. The molecule has 0 bridgehead atoms. The van der Waals surface area contributed by atoms with Crippen molar-refractivity contribution in [3.63, 3.8) is 0 Å². The van der Waals surface area contributed by atoms with Crippen LogP contribution in [0.1, 0.15) is 44.0 Å². The number of hydrogen-bond acceptors (Lipinski definition) is 5. The number of aryl methyl sites for hydroxylation is 1. The van der Waals surface area contributed by atoms with E-state index in [-0.39, 0.29) is 11.8 Å². The maximum atomic E-state index is 12.2. The third-order valence-electron chi connectivity index (χ3n) is 3.72. The lowest BCUT2D eigenvalue weighted by molar-refractivity contribution is -0.138. The normalized spacial score (nSPS) is 20.0. The van der Waals surface area contributed by atoms with Crippen molar-refractivity contribution in [1.82, 2.24) is 15.2 Å². The molecule has 2 rings (SSSR count). The second-order valence-corrected chi connectivity index (χ2v) is 5.69. The summed E-state index contributed by atoms with van der Waals surface area (Å²) in [6.45, 7) is 11.5. The molecule has 1 fully saturated rings. The average Bonchev–Trinajstić information content (AvgIpc) is 2.86. The van der Waals surface area contributed by atoms with Crippen LogP contribution in [-0.2, 0) is 16.1 Å². The summed E-state index contributed by atoms with van der Waals surface area (Å²) in [5, 5.41) is 2.88. The van der Waals surface area contributed by atoms with Crippen molar-refractivity contribution in [3.05, 3.63) is 17.3 Å². The molecule has 1 unspecified atom stereocenters. The first-order valence-corrected chi connectivity index (χ1v) is 7.59. The summed E-state index contributed by atoms with van der Waals surface area (Å²) in [6, 6.07) is 0. The number of rotatable bonds is 5. The standard InChI is InChI=1S/C15H25N3O3/c1-5-18-6-7-20-13(9-18)14(19)16-8-12-11(4)17-15(21-12)10(2)3/h10,13H,5-9H2,1-4H3,(H,16,19). The van der Waals surface area contributed by atoms with E-state index in [0.29, 0.717) is 25.6 Å². The highest BCUT2D eigenvalue weighted by atomic mass is 16.5. The van der Waals surface area contributed by atoms with Crippen molar-refractivity contribution < 1.29 is 13.9 Å². The number of carbonyl (C=O) groups excluding carboxylic acids is 1. The first-order valence-electron chi connectivity index (χ1n) is 7.59. The largest absolute Gasteiger partial charge is 0.443 e. The third kappa shape index (κ3) is 4.04. The van der Waals surface area contributed by atoms with E-state index in [1.807, 2.05) is 20.8 Å². The predicted octanol–water partition coefficient (Wildman–Crippen LogP) is 1.44. The molecule has 118 valence electrons. The SMILES string of the molecule is CCN1CCOC(C(=O)NCc2oc(C(C)C)nc2C)C1. The Kier molecular flexibility index (Phi) is 5.36. The molecule has 1 N–H and O–H groups in total. The van der Waals surface area contributed by atoms with Crippen LogP contribution in [0, 0.1) is 6.92 Å². The lowest BCUT2D eigenvalue weighted by atomic mass is 10.2. The van der Waals surface area contributed by atoms with Crippen molar-refractivity contribution in [1.29, 1.82) is 0 Å². The maximum absolute atomic E-state index is 12.2. The highest BCUT2D eigenvalue weighted by molar-refractivity contribution is 5.81. The summed E-state index contributed by atoms with van der Waals surface area (Å²) in [6.07, 6.45) is -0.397. The molecule has 1 atom stereocenters. The monoisotopic (exact) mass is 295 g/mol. The number of likely N-dealkylation sites (N-methyl/N-ethyl adjacent to an activating group) is 1. The number of oxazole rings is 1. The Morgan fingerprint density at radius 2 is 2.29 bits per heavy atom. The predicted molar refractivity (Wildman–Crippen MR) is 79.0 cm³/mol. The molecule has 1 aliphatic heterocycles. The number of hydrogen-bond donors (Lipinski definition) is 1. The zero-order valence-corrected chi connectivity index (χ0v) is 13.3. The van der Waals surface area contributed by atoms with Crippen LogP contribution in [0.25, 0.3) is 0 Å². The topological polar surface area (TPSA) is 67.6 Å². The van der Waals surface area contributed by atoms with E-state index >= 15 is 0 Å². The average molecular weight is 295 g/mol. The van der Waals surface area contributed by atoms with E-state index in [1.165, 1.54) is 0 Å². The van der Waals surface area contributed by atoms with Gasteiger partial charge >= 0.3 is 0 Å². The molecule has 1 aromatic heterocycles. The highest BCUT2D eigenvalue weighted by Gasteiger charge is 2.26. The maximum Gasteiger partial charge on any atom is 0.250 e. The van der Waals surface area contributed by atoms with Gasteiger partial charge in [-0.25, -0.2) is 4.98 Å². The van der Waals surface area contributed by atoms with Gasteiger partial charge in [0.2, 0.25) is 0 Å². The number of carbonyl (C=O) groups is 1. The molecule has 0 saturated carbocycles. The van der Waals surface area contributed by atoms with Crippen LogP contribution < -0.4 is 5.32 Å². The number of amides is 1. The molecular weight excluding hydrogens is 270 g/mol. The second kappa shape index (κ2) is 7.04. The smallest absolute Gasteiger partial charge is 0.250 e. The van der Waals surface area contributed by atoms with Gasteiger partial charge in [-0.2, -0.15) is 0 Å². The number of nitrogens with zero attached hydrogens (tertiary/aromatic N) is 2. The van der Waals surface area contributed by atoms with Gasteiger partial charge in [0.05, 0.1) is 18.8 Å². The van der Waals surface area contributed by atoms with E-state index in [4.69, 9.17) is 9.15 Å². The van der Waals surface area contributed by atoms with Crippen molar-refractivity contribution >= 4 is 5.91 Å². The van der Waals surface area contributed by atoms with Gasteiger partial charge in [0, 0.05) is 19.0 Å². The molecule has 6 heteroatoms. The molecule has 2 heterocycles. The Bertz CT molecular complexity index is 485. The van der Waals surface area contributed by atoms with E-state index in [9.17, 15) is 4.79 Å². The van der Waals surface area contributed by atoms with Crippen LogP contribution >= 0.6 is 0 Å². The second-order valence-electron chi connectivity index (χ2n) is 5.69. The highest BCUT2D eigenvalue weighted by Crippen LogP contribution is 2.17. The Morgan fingerprint density at radius 1 is 1.52 bits per heavy atom. The van der Waals surface area contributed by atoms with E-state index < -0.39 is 6.10 Å². The van der Waals surface area contributed by atoms with Crippen molar-refractivity contribution in [2.24, 2.45) is 0 Å². The number of aromatic nitrogens is 1. The summed E-state index contributed by atoms with van der Waals surface area (Å²) in [5.41, 5.74) is 0.832. The van der Waals surface area contributed by atoms with Crippen LogP contribution in [0.3, 0.4) is 0 Å². The van der Waals surface area contributed by atoms with Crippen LogP contribution in [0.4, 0.5) is 0 Å². The van der Waals surface area contributed by atoms with E-state index in [2.05, 4.69) is 22.1 Å². The zero-order chi connectivity index (χ0) is 15.4. The molecule has 0 aliphatic carbocycles. The van der Waals surface area contributed by atoms with E-state index in [0.717, 1.165) is 24.5 Å². The van der Waals surface area contributed by atoms with Gasteiger partial charge in [-0.15, -0.1) is 0 Å². The fourth-order valence-electron chi connectivity index (χ4n) is 2.29. The van der Waals surface area contributed by atoms with Crippen LogP contribution in [0.15, 0.2) is 4.42 Å². The van der Waals surface area contributed by atoms with Gasteiger partial charge in [-0.3, -0.25) is 9.69 Å². The van der Waals surface area contributed by atoms with E-state index in [1.54, 1.807) is 0 Å². The fraction of sp³-hybridized carbons (Fsp3) is 0.733. The summed E-state index contributed by atoms with van der Waals surface area (Å²) in [7, 11) is 0. The quantitative estimate of drug-likeness (QED) is 0.890. The number of nitrogens with one attached hydrogen (secondary N) is 1. The Morgan fingerprint density at radius 3 is 2.90 bits per heavy atom. The fourth-order valence-corrected chi connectivity index (χ4v) is 2.29. The van der Waals surface area contributed by atoms with Gasteiger partial charge in [0.15, 0.2) is 5.89 Å². The molecular formula is C15H25N3O3. The summed E-state index contributed by atoms with van der Waals surface area (Å²) in [4.78, 5) is 18.7. The molecule has 21 heavy (non-hydrogen) atoms. The molecule has 0 aromatic carbocycles. The zero-order valence-electron chi connectivity index (χ0n) is 13.3. The minimum Gasteiger partial charge on any atom is -0.443 e. The van der Waals surface area contributed by atoms with Crippen LogP contribution in [-0.4, -0.2) is 48.1 Å². The third-order valence-corrected chi connectivity index (χ3v) is 3.72. The van der Waals surface area contributed by atoms with Gasteiger partial charge in [-0.05, 0) is 13.5 Å². The summed E-state index contributed by atoms with van der Waals surface area (Å²) < 4.78 is 11.2. The molecule has 0 spiro atoms. The Hall–Kier alpha value is -1.40. The molecule has 1 amide bonds. The Labute approximate surface area is 125 Å². The molecule has 1 saturated heterocycles. The minimum atomic E-state index is -0.397. The van der Waals surface area contributed by atoms with Crippen LogP contribution in [0.5, 0.6) is 0 Å². The molecule has 0 radical (unpaired) electrons. The lowest BCUT2D eigenvalue weighted by Crippen LogP contribution is -2.49. The Balaban J connectivity index is 1.89. The molecule has 6 nitrogen and oxygen atoms in total. The molecule has 1 aliphatic rings. The minimum absolute atomic E-state index is 0.0879. The first-order chi connectivity index (χ1) is 10.0. The summed E-state index contributed by atoms with van der Waals surface area (Å²) in [5.74, 6) is 1.58. The van der Waals surface area contributed by atoms with Gasteiger partial charge in [-0.1, -0.05) is 20.8 Å². The van der Waals surface area contributed by atoms with Gasteiger partial charge in [0.1, 0.15) is 11.9 Å². The molecule has 1 aromatic rings. The summed E-state index contributed by atoms with van der Waals surface area (Å²) >= 11 is 0. The number of ether oxygens (including phenoxy) is 1. The van der Waals surface area contributed by atoms with Crippen molar-refractivity contribution in [2.45, 2.75) is 46.3 Å².